The Kier molecular flexibility index (Phi) is 13.1. The highest BCUT2D eigenvalue weighted by atomic mass is 16.6. The minimum absolute atomic E-state index is 0.223. The van der Waals surface area contributed by atoms with Crippen LogP contribution in [0, 0.1) is 5.92 Å². The van der Waals surface area contributed by atoms with E-state index < -0.39 is 24.8 Å². The van der Waals surface area contributed by atoms with Crippen LogP contribution in [0.5, 0.6) is 0 Å². The molecule has 0 rings (SSSR count). The summed E-state index contributed by atoms with van der Waals surface area (Å²) < 4.78 is 8.67. The average Bonchev–Trinajstić information content (AvgIpc) is 2.36. The minimum Gasteiger partial charge on any atom is -0.468 e. The largest absolute Gasteiger partial charge is 0.468 e. The maximum atomic E-state index is 10.9. The van der Waals surface area contributed by atoms with Crippen LogP contribution in [0.15, 0.2) is 0 Å². The number of esters is 1. The summed E-state index contributed by atoms with van der Waals surface area (Å²) in [4.78, 5) is 20.1. The summed E-state index contributed by atoms with van der Waals surface area (Å²) in [6, 6.07) is 0. The summed E-state index contributed by atoms with van der Waals surface area (Å²) in [6.45, 7) is 5.25. The fourth-order valence-electron chi connectivity index (χ4n) is 0.657. The summed E-state index contributed by atoms with van der Waals surface area (Å²) in [5.41, 5.74) is 0. The normalized spacial score (nSPS) is 13.1. The first kappa shape index (κ1) is 19.2. The summed E-state index contributed by atoms with van der Waals surface area (Å²) in [5.74, 6) is -0.999. The van der Waals surface area contributed by atoms with Crippen molar-refractivity contribution in [1.29, 1.82) is 0 Å². The minimum atomic E-state index is -1.18. The molecule has 0 saturated carbocycles. The molecule has 0 aromatic heterocycles. The third kappa shape index (κ3) is 11.3. The number of carbonyl (C=O) groups excluding carboxylic acids is 2. The molecule has 0 aliphatic rings. The predicted molar refractivity (Wildman–Crippen MR) is 62.6 cm³/mol. The van der Waals surface area contributed by atoms with Crippen LogP contribution < -0.4 is 0 Å². The third-order valence-electron chi connectivity index (χ3n) is 1.74. The van der Waals surface area contributed by atoms with E-state index in [-0.39, 0.29) is 12.5 Å². The Balaban J connectivity index is 0. The van der Waals surface area contributed by atoms with Crippen molar-refractivity contribution in [1.82, 2.24) is 0 Å². The molecule has 7 nitrogen and oxygen atoms in total. The van der Waals surface area contributed by atoms with Crippen LogP contribution in [0.3, 0.4) is 0 Å². The van der Waals surface area contributed by atoms with Crippen LogP contribution in [0.1, 0.15) is 20.8 Å². The van der Waals surface area contributed by atoms with Gasteiger partial charge >= 0.3 is 5.97 Å². The lowest BCUT2D eigenvalue weighted by atomic mass is 10.1. The molecular weight excluding hydrogens is 244 g/mol. The molecule has 18 heavy (non-hydrogen) atoms. The van der Waals surface area contributed by atoms with Gasteiger partial charge < -0.3 is 24.8 Å². The van der Waals surface area contributed by atoms with Crippen LogP contribution >= 0.6 is 0 Å². The van der Waals surface area contributed by atoms with Gasteiger partial charge in [-0.05, 0) is 12.8 Å². The second-order valence-corrected chi connectivity index (χ2v) is 3.71. The van der Waals surface area contributed by atoms with Gasteiger partial charge in [-0.3, -0.25) is 4.79 Å². The third-order valence-corrected chi connectivity index (χ3v) is 1.74. The molecule has 3 N–H and O–H groups in total. The zero-order chi connectivity index (χ0) is 14.6. The molecule has 0 aliphatic carbocycles. The van der Waals surface area contributed by atoms with Gasteiger partial charge in [0, 0.05) is 0 Å². The van der Waals surface area contributed by atoms with Gasteiger partial charge in [-0.1, -0.05) is 13.8 Å². The lowest BCUT2D eigenvalue weighted by Gasteiger charge is -2.14. The number of carbonyl (C=O) groups is 2. The van der Waals surface area contributed by atoms with E-state index in [1.54, 1.807) is 20.8 Å². The maximum absolute atomic E-state index is 10.9. The molecule has 0 fully saturated rings. The fourth-order valence-corrected chi connectivity index (χ4v) is 0.657. The number of hydrogen-bond donors (Lipinski definition) is 3. The highest BCUT2D eigenvalue weighted by molar-refractivity contribution is 5.74. The van der Waals surface area contributed by atoms with E-state index in [1.165, 1.54) is 0 Å². The van der Waals surface area contributed by atoms with Gasteiger partial charge in [0.25, 0.3) is 6.47 Å². The molecular formula is C11H22O7. The Morgan fingerprint density at radius 2 is 1.89 bits per heavy atom. The van der Waals surface area contributed by atoms with Gasteiger partial charge in [0.15, 0.2) is 6.10 Å². The van der Waals surface area contributed by atoms with Crippen molar-refractivity contribution in [2.45, 2.75) is 33.0 Å². The standard InChI is InChI=1S/C8H16O5.C3H6O2/c1-5(2)7(11)8(12)13-4-6(10)3-9;1-2-5-3-4/h5-7,9-11H,3-4H2,1-2H3;3H,2H2,1H3. The fraction of sp³-hybridized carbons (Fsp3) is 0.818. The Morgan fingerprint density at radius 1 is 1.33 bits per heavy atom. The first-order valence-electron chi connectivity index (χ1n) is 5.59. The second-order valence-electron chi connectivity index (χ2n) is 3.71. The Labute approximate surface area is 106 Å². The van der Waals surface area contributed by atoms with Crippen LogP contribution in [-0.2, 0) is 19.1 Å². The van der Waals surface area contributed by atoms with Crippen LogP contribution in [-0.4, -0.2) is 59.8 Å². The highest BCUT2D eigenvalue weighted by Gasteiger charge is 2.20. The Bertz CT molecular complexity index is 217. The van der Waals surface area contributed by atoms with Crippen LogP contribution in [0.25, 0.3) is 0 Å². The predicted octanol–water partition coefficient (Wildman–Crippen LogP) is -0.921. The zero-order valence-corrected chi connectivity index (χ0v) is 10.9. The molecule has 0 amide bonds. The molecule has 0 saturated heterocycles. The van der Waals surface area contributed by atoms with Gasteiger partial charge in [-0.2, -0.15) is 0 Å². The van der Waals surface area contributed by atoms with Crippen molar-refractivity contribution in [2.75, 3.05) is 19.8 Å². The molecule has 0 aliphatic heterocycles. The summed E-state index contributed by atoms with van der Waals surface area (Å²) in [5, 5.41) is 26.4. The molecule has 0 aromatic carbocycles. The first-order valence-corrected chi connectivity index (χ1v) is 5.59. The van der Waals surface area contributed by atoms with Gasteiger partial charge in [0.2, 0.25) is 0 Å². The molecule has 0 bridgehead atoms. The Hall–Kier alpha value is -1.18. The van der Waals surface area contributed by atoms with E-state index in [1.807, 2.05) is 0 Å². The summed E-state index contributed by atoms with van der Waals surface area (Å²) in [6.07, 6.45) is -2.26. The second kappa shape index (κ2) is 12.3. The molecule has 7 heteroatoms. The maximum Gasteiger partial charge on any atom is 0.335 e. The smallest absolute Gasteiger partial charge is 0.335 e. The lowest BCUT2D eigenvalue weighted by molar-refractivity contribution is -0.159. The summed E-state index contributed by atoms with van der Waals surface area (Å²) >= 11 is 0. The van der Waals surface area contributed by atoms with Gasteiger partial charge in [0.1, 0.15) is 12.7 Å². The molecule has 2 atom stereocenters. The molecule has 108 valence electrons. The van der Waals surface area contributed by atoms with E-state index in [0.717, 1.165) is 0 Å². The van der Waals surface area contributed by atoms with Crippen molar-refractivity contribution in [3.63, 3.8) is 0 Å². The molecule has 0 spiro atoms. The summed E-state index contributed by atoms with van der Waals surface area (Å²) in [7, 11) is 0. The average molecular weight is 266 g/mol. The zero-order valence-electron chi connectivity index (χ0n) is 10.9. The van der Waals surface area contributed by atoms with E-state index in [0.29, 0.717) is 13.1 Å². The quantitative estimate of drug-likeness (QED) is 0.403. The molecule has 0 radical (unpaired) electrons. The number of ether oxygens (including phenoxy) is 2. The molecule has 2 unspecified atom stereocenters. The topological polar surface area (TPSA) is 113 Å². The first-order chi connectivity index (χ1) is 8.40. The van der Waals surface area contributed by atoms with E-state index in [9.17, 15) is 9.59 Å². The van der Waals surface area contributed by atoms with Crippen molar-refractivity contribution < 1.29 is 34.4 Å². The molecule has 0 heterocycles. The van der Waals surface area contributed by atoms with E-state index >= 15 is 0 Å². The van der Waals surface area contributed by atoms with E-state index in [4.69, 9.17) is 15.3 Å². The van der Waals surface area contributed by atoms with Crippen LogP contribution in [0.2, 0.25) is 0 Å². The van der Waals surface area contributed by atoms with Crippen molar-refractivity contribution in [2.24, 2.45) is 5.92 Å². The van der Waals surface area contributed by atoms with Crippen LogP contribution in [0.4, 0.5) is 0 Å². The highest BCUT2D eigenvalue weighted by Crippen LogP contribution is 2.03. The Morgan fingerprint density at radius 3 is 2.17 bits per heavy atom. The van der Waals surface area contributed by atoms with Crippen molar-refractivity contribution in [3.8, 4) is 0 Å². The number of rotatable bonds is 7. The number of aliphatic hydroxyl groups excluding tert-OH is 3. The SMILES string of the molecule is CC(C)C(O)C(=O)OCC(O)CO.CCOC=O. The van der Waals surface area contributed by atoms with E-state index in [2.05, 4.69) is 9.47 Å². The monoisotopic (exact) mass is 266 g/mol. The van der Waals surface area contributed by atoms with Gasteiger partial charge in [-0.15, -0.1) is 0 Å². The number of aliphatic hydroxyl groups is 3. The van der Waals surface area contributed by atoms with Gasteiger partial charge in [-0.25, -0.2) is 4.79 Å². The lowest BCUT2D eigenvalue weighted by Crippen LogP contribution is -2.31. The van der Waals surface area contributed by atoms with Crippen molar-refractivity contribution >= 4 is 12.4 Å². The van der Waals surface area contributed by atoms with Crippen molar-refractivity contribution in [3.05, 3.63) is 0 Å². The number of hydrogen-bond acceptors (Lipinski definition) is 7. The van der Waals surface area contributed by atoms with Gasteiger partial charge in [0.05, 0.1) is 13.2 Å². The molecule has 0 aromatic rings.